The maximum Gasteiger partial charge on any atom is 0.242 e. The highest BCUT2D eigenvalue weighted by molar-refractivity contribution is 5.85. The Labute approximate surface area is 191 Å². The number of hydrogen-bond donors (Lipinski definition) is 0. The molecule has 0 fully saturated rings. The van der Waals surface area contributed by atoms with E-state index in [1.807, 2.05) is 6.92 Å². The van der Waals surface area contributed by atoms with Crippen molar-refractivity contribution in [3.63, 3.8) is 0 Å². The molecule has 0 radical (unpaired) electrons. The number of rotatable bonds is 10. The van der Waals surface area contributed by atoms with Crippen LogP contribution in [0.3, 0.4) is 0 Å². The van der Waals surface area contributed by atoms with Gasteiger partial charge in [-0.15, -0.1) is 6.58 Å². The standard InChI is InChI=1S/C26H27FN2O4/c1-3-7-24(30)28(14-4-2)17-25(31)29(15-19-10-12-21(27)13-11-19)16-20-18-33-23-9-6-5-8-22(23)26(20)32/h4-6,8-13,18H,2-3,7,14-17H2,1H3. The molecule has 2 amide bonds. The number of amides is 2. The molecule has 0 saturated carbocycles. The summed E-state index contributed by atoms with van der Waals surface area (Å²) < 4.78 is 19.0. The fourth-order valence-corrected chi connectivity index (χ4v) is 3.52. The van der Waals surface area contributed by atoms with Gasteiger partial charge in [0.2, 0.25) is 11.8 Å². The second kappa shape index (κ2) is 11.2. The van der Waals surface area contributed by atoms with Gasteiger partial charge >= 0.3 is 0 Å². The predicted octanol–water partition coefficient (Wildman–Crippen LogP) is 4.28. The molecule has 0 unspecified atom stereocenters. The zero-order chi connectivity index (χ0) is 23.8. The minimum Gasteiger partial charge on any atom is -0.464 e. The molecule has 1 aromatic heterocycles. The van der Waals surface area contributed by atoms with Gasteiger partial charge in [0.15, 0.2) is 5.43 Å². The SMILES string of the molecule is C=CCN(CC(=O)N(Cc1ccc(F)cc1)Cc1coc2ccccc2c1=O)C(=O)CCC. The molecule has 172 valence electrons. The Bertz CT molecular complexity index is 1190. The van der Waals surface area contributed by atoms with E-state index in [0.717, 1.165) is 0 Å². The van der Waals surface area contributed by atoms with Gasteiger partial charge in [-0.2, -0.15) is 0 Å². The smallest absolute Gasteiger partial charge is 0.242 e. The first-order valence-corrected chi connectivity index (χ1v) is 10.8. The molecule has 0 spiro atoms. The molecule has 3 rings (SSSR count). The van der Waals surface area contributed by atoms with Crippen LogP contribution >= 0.6 is 0 Å². The van der Waals surface area contributed by atoms with Gasteiger partial charge in [0.25, 0.3) is 0 Å². The van der Waals surface area contributed by atoms with Crippen molar-refractivity contribution in [2.45, 2.75) is 32.9 Å². The molecule has 1 heterocycles. The zero-order valence-corrected chi connectivity index (χ0v) is 18.6. The lowest BCUT2D eigenvalue weighted by Gasteiger charge is -2.27. The van der Waals surface area contributed by atoms with Crippen LogP contribution in [0.4, 0.5) is 4.39 Å². The third-order valence-corrected chi connectivity index (χ3v) is 5.24. The first kappa shape index (κ1) is 23.9. The molecule has 2 aromatic carbocycles. The molecule has 6 nitrogen and oxygen atoms in total. The van der Waals surface area contributed by atoms with E-state index in [4.69, 9.17) is 4.42 Å². The van der Waals surface area contributed by atoms with Crippen LogP contribution < -0.4 is 5.43 Å². The van der Waals surface area contributed by atoms with Crippen LogP contribution in [0.2, 0.25) is 0 Å². The van der Waals surface area contributed by atoms with Crippen LogP contribution in [0.25, 0.3) is 11.0 Å². The molecule has 0 aliphatic rings. The predicted molar refractivity (Wildman–Crippen MR) is 125 cm³/mol. The number of nitrogens with zero attached hydrogens (tertiary/aromatic N) is 2. The van der Waals surface area contributed by atoms with E-state index < -0.39 is 0 Å². The lowest BCUT2D eigenvalue weighted by atomic mass is 10.1. The molecule has 33 heavy (non-hydrogen) atoms. The second-order valence-corrected chi connectivity index (χ2v) is 7.78. The van der Waals surface area contributed by atoms with E-state index in [9.17, 15) is 18.8 Å². The highest BCUT2D eigenvalue weighted by atomic mass is 19.1. The van der Waals surface area contributed by atoms with Crippen LogP contribution in [0.15, 0.2) is 76.7 Å². The summed E-state index contributed by atoms with van der Waals surface area (Å²) in [5.41, 5.74) is 1.26. The summed E-state index contributed by atoms with van der Waals surface area (Å²) in [6.45, 7) is 5.80. The number of para-hydroxylation sites is 1. The van der Waals surface area contributed by atoms with Crippen molar-refractivity contribution in [3.8, 4) is 0 Å². The summed E-state index contributed by atoms with van der Waals surface area (Å²) in [6, 6.07) is 12.7. The quantitative estimate of drug-likeness (QED) is 0.433. The monoisotopic (exact) mass is 450 g/mol. The maximum absolute atomic E-state index is 13.4. The van der Waals surface area contributed by atoms with E-state index >= 15 is 0 Å². The fraction of sp³-hybridized carbons (Fsp3) is 0.269. The van der Waals surface area contributed by atoms with E-state index in [1.165, 1.54) is 28.2 Å². The first-order valence-electron chi connectivity index (χ1n) is 10.8. The lowest BCUT2D eigenvalue weighted by molar-refractivity contribution is -0.140. The van der Waals surface area contributed by atoms with Crippen molar-refractivity contribution in [2.75, 3.05) is 13.1 Å². The number of hydrogen-bond acceptors (Lipinski definition) is 4. The molecular weight excluding hydrogens is 423 g/mol. The van der Waals surface area contributed by atoms with Gasteiger partial charge in [-0.3, -0.25) is 14.4 Å². The highest BCUT2D eigenvalue weighted by Gasteiger charge is 2.22. The molecule has 0 bridgehead atoms. The minimum atomic E-state index is -0.380. The molecule has 7 heteroatoms. The van der Waals surface area contributed by atoms with Crippen molar-refractivity contribution in [3.05, 3.63) is 94.6 Å². The molecule has 3 aromatic rings. The van der Waals surface area contributed by atoms with E-state index in [0.29, 0.717) is 34.9 Å². The Hall–Kier alpha value is -3.74. The molecule has 0 atom stereocenters. The summed E-state index contributed by atoms with van der Waals surface area (Å²) >= 11 is 0. The first-order chi connectivity index (χ1) is 15.9. The topological polar surface area (TPSA) is 70.8 Å². The summed E-state index contributed by atoms with van der Waals surface area (Å²) in [5.74, 6) is -0.856. The summed E-state index contributed by atoms with van der Waals surface area (Å²) in [6.07, 6.45) is 3.92. The number of benzene rings is 2. The van der Waals surface area contributed by atoms with Crippen LogP contribution in [-0.4, -0.2) is 34.7 Å². The average Bonchev–Trinajstić information content (AvgIpc) is 2.81. The van der Waals surface area contributed by atoms with Gasteiger partial charge in [0.05, 0.1) is 23.8 Å². The third kappa shape index (κ3) is 6.16. The van der Waals surface area contributed by atoms with Gasteiger partial charge < -0.3 is 14.2 Å². The summed E-state index contributed by atoms with van der Waals surface area (Å²) in [4.78, 5) is 41.6. The molecule has 0 N–H and O–H groups in total. The van der Waals surface area contributed by atoms with E-state index in [1.54, 1.807) is 42.5 Å². The van der Waals surface area contributed by atoms with Gasteiger partial charge in [0, 0.05) is 19.5 Å². The van der Waals surface area contributed by atoms with Crippen LogP contribution in [-0.2, 0) is 22.7 Å². The van der Waals surface area contributed by atoms with E-state index in [2.05, 4.69) is 6.58 Å². The average molecular weight is 451 g/mol. The van der Waals surface area contributed by atoms with Gasteiger partial charge in [0.1, 0.15) is 17.9 Å². The number of fused-ring (bicyclic) bond motifs is 1. The number of carbonyl (C=O) groups excluding carboxylic acids is 2. The number of carbonyl (C=O) groups is 2. The van der Waals surface area contributed by atoms with E-state index in [-0.39, 0.29) is 49.2 Å². The highest BCUT2D eigenvalue weighted by Crippen LogP contribution is 2.15. The Kier molecular flexibility index (Phi) is 8.13. The Morgan fingerprint density at radius 3 is 2.45 bits per heavy atom. The molecular formula is C26H27FN2O4. The Morgan fingerprint density at radius 2 is 1.76 bits per heavy atom. The van der Waals surface area contributed by atoms with Crippen LogP contribution in [0, 0.1) is 5.82 Å². The Morgan fingerprint density at radius 1 is 1.03 bits per heavy atom. The minimum absolute atomic E-state index is 0.00667. The van der Waals surface area contributed by atoms with Gasteiger partial charge in [-0.05, 0) is 36.2 Å². The second-order valence-electron chi connectivity index (χ2n) is 7.78. The van der Waals surface area contributed by atoms with Crippen molar-refractivity contribution >= 4 is 22.8 Å². The molecule has 0 aliphatic heterocycles. The van der Waals surface area contributed by atoms with Crippen molar-refractivity contribution in [2.24, 2.45) is 0 Å². The van der Waals surface area contributed by atoms with Crippen LogP contribution in [0.1, 0.15) is 30.9 Å². The third-order valence-electron chi connectivity index (χ3n) is 5.24. The molecule has 0 saturated heterocycles. The van der Waals surface area contributed by atoms with Gasteiger partial charge in [-0.1, -0.05) is 37.3 Å². The normalized spacial score (nSPS) is 10.7. The van der Waals surface area contributed by atoms with Crippen molar-refractivity contribution in [1.82, 2.24) is 9.80 Å². The summed E-state index contributed by atoms with van der Waals surface area (Å²) in [5, 5.41) is 0.426. The lowest BCUT2D eigenvalue weighted by Crippen LogP contribution is -2.43. The number of halogens is 1. The van der Waals surface area contributed by atoms with Crippen molar-refractivity contribution in [1.29, 1.82) is 0 Å². The van der Waals surface area contributed by atoms with Crippen molar-refractivity contribution < 1.29 is 18.4 Å². The fourth-order valence-electron chi connectivity index (χ4n) is 3.52. The zero-order valence-electron chi connectivity index (χ0n) is 18.6. The summed E-state index contributed by atoms with van der Waals surface area (Å²) in [7, 11) is 0. The van der Waals surface area contributed by atoms with Gasteiger partial charge in [-0.25, -0.2) is 4.39 Å². The largest absolute Gasteiger partial charge is 0.464 e. The Balaban J connectivity index is 1.90. The maximum atomic E-state index is 13.4. The van der Waals surface area contributed by atoms with Crippen LogP contribution in [0.5, 0.6) is 0 Å². The molecule has 0 aliphatic carbocycles.